The topological polar surface area (TPSA) is 0 Å². The average molecular weight is 711 g/mol. The minimum Gasteiger partial charge on any atom is -0.0990 e. The molecule has 0 N–H and O–H groups in total. The Hall–Kier alpha value is -4.16. The zero-order valence-electron chi connectivity index (χ0n) is 35.7. The highest BCUT2D eigenvalue weighted by Gasteiger charge is 2.33. The summed E-state index contributed by atoms with van der Waals surface area (Å²) in [6.45, 7) is 30.2. The maximum atomic E-state index is 3.93. The molecule has 0 aromatic heterocycles. The van der Waals surface area contributed by atoms with E-state index in [4.69, 9.17) is 0 Å². The summed E-state index contributed by atoms with van der Waals surface area (Å²) in [5, 5.41) is 0. The Labute approximate surface area is 328 Å². The van der Waals surface area contributed by atoms with E-state index in [1.54, 1.807) is 0 Å². The Morgan fingerprint density at radius 3 is 1.96 bits per heavy atom. The molecule has 0 fully saturated rings. The second-order valence-corrected chi connectivity index (χ2v) is 14.2. The highest BCUT2D eigenvalue weighted by atomic mass is 14.4. The van der Waals surface area contributed by atoms with Crippen LogP contribution in [0, 0.1) is 30.6 Å². The van der Waals surface area contributed by atoms with Crippen molar-refractivity contribution in [2.45, 2.75) is 115 Å². The van der Waals surface area contributed by atoms with Crippen LogP contribution in [0.3, 0.4) is 0 Å². The molecule has 3 aromatic carbocycles. The third-order valence-electron chi connectivity index (χ3n) is 9.77. The lowest BCUT2D eigenvalue weighted by atomic mass is 9.66. The summed E-state index contributed by atoms with van der Waals surface area (Å²) in [6.07, 6.45) is 25.2. The molecule has 5 atom stereocenters. The summed E-state index contributed by atoms with van der Waals surface area (Å²) in [4.78, 5) is 0. The molecule has 0 heterocycles. The molecule has 0 aliphatic heterocycles. The van der Waals surface area contributed by atoms with Gasteiger partial charge < -0.3 is 0 Å². The molecule has 5 rings (SSSR count). The lowest BCUT2D eigenvalue weighted by molar-refractivity contribution is 0.350. The molecule has 53 heavy (non-hydrogen) atoms. The van der Waals surface area contributed by atoms with Crippen molar-refractivity contribution in [2.24, 2.45) is 23.7 Å². The molecule has 0 amide bonds. The first-order chi connectivity index (χ1) is 25.6. The molecule has 0 saturated heterocycles. The molecule has 2 aliphatic rings. The van der Waals surface area contributed by atoms with Crippen molar-refractivity contribution in [3.05, 3.63) is 180 Å². The van der Waals surface area contributed by atoms with Gasteiger partial charge in [-0.25, -0.2) is 0 Å². The van der Waals surface area contributed by atoms with Crippen LogP contribution in [0.2, 0.25) is 0 Å². The minimum atomic E-state index is 0.432. The monoisotopic (exact) mass is 711 g/mol. The van der Waals surface area contributed by atoms with Gasteiger partial charge in [0.1, 0.15) is 0 Å². The molecule has 0 saturated carbocycles. The van der Waals surface area contributed by atoms with Gasteiger partial charge >= 0.3 is 0 Å². The van der Waals surface area contributed by atoms with E-state index < -0.39 is 0 Å². The quantitative estimate of drug-likeness (QED) is 0.194. The molecule has 5 unspecified atom stereocenters. The fraction of sp³-hybridized carbons (Fsp3) is 0.396. The molecule has 2 aliphatic carbocycles. The lowest BCUT2D eigenvalue weighted by Crippen LogP contribution is -2.27. The van der Waals surface area contributed by atoms with Crippen molar-refractivity contribution in [1.82, 2.24) is 0 Å². The van der Waals surface area contributed by atoms with Crippen LogP contribution in [-0.4, -0.2) is 0 Å². The van der Waals surface area contributed by atoms with E-state index in [2.05, 4.69) is 191 Å². The predicted molar refractivity (Wildman–Crippen MR) is 241 cm³/mol. The van der Waals surface area contributed by atoms with E-state index in [1.807, 2.05) is 38.1 Å². The molecule has 0 spiro atoms. The number of benzene rings is 3. The van der Waals surface area contributed by atoms with Crippen LogP contribution < -0.4 is 0 Å². The second-order valence-electron chi connectivity index (χ2n) is 14.2. The zero-order valence-corrected chi connectivity index (χ0v) is 35.7. The van der Waals surface area contributed by atoms with Crippen LogP contribution in [0.1, 0.15) is 119 Å². The number of rotatable bonds is 9. The average Bonchev–Trinajstić information content (AvgIpc) is 3.20. The molecule has 0 radical (unpaired) electrons. The first kappa shape index (κ1) is 46.9. The minimum absolute atomic E-state index is 0.432. The smallest absolute Gasteiger partial charge is 0.0160 e. The Morgan fingerprint density at radius 2 is 1.43 bits per heavy atom. The fourth-order valence-corrected chi connectivity index (χ4v) is 6.47. The SMILES string of the molecule is C=C/C=C(\C=C/C)C1=CC=CC(C(C)CC)C1C1=CC(C)CC=C1C.CC.CCC.CCC(C)c1cccc(-c2ccccc2)c1.Cc1ccccc1. The van der Waals surface area contributed by atoms with Crippen LogP contribution in [0.25, 0.3) is 11.1 Å². The van der Waals surface area contributed by atoms with Crippen LogP contribution in [0.4, 0.5) is 0 Å². The van der Waals surface area contributed by atoms with Gasteiger partial charge in [0, 0.05) is 5.92 Å². The highest BCUT2D eigenvalue weighted by molar-refractivity contribution is 5.64. The van der Waals surface area contributed by atoms with Gasteiger partial charge in [-0.2, -0.15) is 0 Å². The van der Waals surface area contributed by atoms with Gasteiger partial charge in [-0.05, 0) is 90.7 Å². The number of hydrogen-bond donors (Lipinski definition) is 0. The molecule has 3 aromatic rings. The van der Waals surface area contributed by atoms with Crippen LogP contribution in [0.5, 0.6) is 0 Å². The largest absolute Gasteiger partial charge is 0.0990 e. The van der Waals surface area contributed by atoms with Crippen LogP contribution in [0.15, 0.2) is 168 Å². The van der Waals surface area contributed by atoms with Crippen LogP contribution >= 0.6 is 0 Å². The van der Waals surface area contributed by atoms with Crippen molar-refractivity contribution in [3.63, 3.8) is 0 Å². The van der Waals surface area contributed by atoms with Crippen molar-refractivity contribution < 1.29 is 0 Å². The zero-order chi connectivity index (χ0) is 39.6. The Morgan fingerprint density at radius 1 is 0.830 bits per heavy atom. The molecular weight excluding hydrogens is 637 g/mol. The Balaban J connectivity index is 0.000000424. The van der Waals surface area contributed by atoms with Crippen molar-refractivity contribution in [3.8, 4) is 11.1 Å². The van der Waals surface area contributed by atoms with E-state index in [0.29, 0.717) is 29.6 Å². The maximum Gasteiger partial charge on any atom is 0.0160 e. The number of hydrogen-bond acceptors (Lipinski definition) is 0. The predicted octanol–water partition coefficient (Wildman–Crippen LogP) is 16.7. The summed E-state index contributed by atoms with van der Waals surface area (Å²) < 4.78 is 0. The van der Waals surface area contributed by atoms with Gasteiger partial charge in [0.15, 0.2) is 0 Å². The lowest BCUT2D eigenvalue weighted by Gasteiger charge is -2.37. The summed E-state index contributed by atoms with van der Waals surface area (Å²) in [6, 6.07) is 29.7. The molecular formula is C53H74. The van der Waals surface area contributed by atoms with Crippen molar-refractivity contribution >= 4 is 0 Å². The van der Waals surface area contributed by atoms with Crippen molar-refractivity contribution in [1.29, 1.82) is 0 Å². The van der Waals surface area contributed by atoms with Gasteiger partial charge in [0.05, 0.1) is 0 Å². The third-order valence-corrected chi connectivity index (χ3v) is 9.77. The van der Waals surface area contributed by atoms with E-state index in [1.165, 1.54) is 63.8 Å². The third kappa shape index (κ3) is 16.2. The maximum absolute atomic E-state index is 3.93. The first-order valence-corrected chi connectivity index (χ1v) is 20.5. The molecule has 286 valence electrons. The fourth-order valence-electron chi connectivity index (χ4n) is 6.47. The molecule has 0 bridgehead atoms. The van der Waals surface area contributed by atoms with Crippen LogP contribution in [-0.2, 0) is 0 Å². The van der Waals surface area contributed by atoms with Gasteiger partial charge in [0.2, 0.25) is 0 Å². The second kappa shape index (κ2) is 27.4. The number of allylic oxidation sites excluding steroid dienone is 13. The number of aryl methyl sites for hydroxylation is 1. The van der Waals surface area contributed by atoms with Gasteiger partial charge in [-0.3, -0.25) is 0 Å². The summed E-state index contributed by atoms with van der Waals surface area (Å²) >= 11 is 0. The highest BCUT2D eigenvalue weighted by Crippen LogP contribution is 2.45. The van der Waals surface area contributed by atoms with Crippen molar-refractivity contribution in [2.75, 3.05) is 0 Å². The Bertz CT molecular complexity index is 1600. The normalized spacial score (nSPS) is 18.8. The van der Waals surface area contributed by atoms with Gasteiger partial charge in [-0.1, -0.05) is 232 Å². The van der Waals surface area contributed by atoms with E-state index in [0.717, 1.165) is 6.42 Å². The van der Waals surface area contributed by atoms with Gasteiger partial charge in [-0.15, -0.1) is 0 Å². The summed E-state index contributed by atoms with van der Waals surface area (Å²) in [5.74, 6) is 2.90. The summed E-state index contributed by atoms with van der Waals surface area (Å²) in [7, 11) is 0. The first-order valence-electron chi connectivity index (χ1n) is 20.5. The molecule has 0 nitrogen and oxygen atoms in total. The van der Waals surface area contributed by atoms with Gasteiger partial charge in [0.25, 0.3) is 0 Å². The standard InChI is InChI=1S/C25H34.C16H18.C7H8.C3H8.C2H6/c1-7-11-21(12-8-2)23-14-10-13-22(19(5)9-3)25(23)24-17-18(4)15-16-20(24)6;1-3-13(2)15-10-7-11-16(12-15)14-8-5-4-6-9-14;1-7-5-3-2-4-6-7;1-3-2;1-2/h7-8,10-14,16-19,22,25H,1,9,15H2,2-6H3;4-13H,3H2,1-2H3;2-6H,1H3;3H2,1-2H3;1-2H3/b12-8-,21-11+;;;;. The molecule has 0 heteroatoms. The summed E-state index contributed by atoms with van der Waals surface area (Å²) in [5.41, 5.74) is 11.1. The van der Waals surface area contributed by atoms with E-state index in [9.17, 15) is 0 Å². The Kier molecular flexibility index (Phi) is 24.3. The van der Waals surface area contributed by atoms with E-state index in [-0.39, 0.29) is 0 Å². The van der Waals surface area contributed by atoms with E-state index >= 15 is 0 Å².